The maximum absolute atomic E-state index is 14.7. The van der Waals surface area contributed by atoms with Gasteiger partial charge in [-0.3, -0.25) is 48.1 Å². The number of imidazole rings is 1. The van der Waals surface area contributed by atoms with Gasteiger partial charge in [-0.15, -0.1) is 0 Å². The molecule has 0 aliphatic carbocycles. The Hall–Kier alpha value is -8.39. The van der Waals surface area contributed by atoms with Gasteiger partial charge in [0.2, 0.25) is 53.2 Å². The molecule has 5 aromatic rings. The fourth-order valence-corrected chi connectivity index (χ4v) is 8.83. The lowest BCUT2D eigenvalue weighted by Gasteiger charge is -2.27. The number of amides is 9. The summed E-state index contributed by atoms with van der Waals surface area (Å²) in [6.45, 7) is 1.34. The molecule has 24 nitrogen and oxygen atoms in total. The first-order valence-electron chi connectivity index (χ1n) is 25.5. The summed E-state index contributed by atoms with van der Waals surface area (Å²) in [4.78, 5) is 136. The number of fused-ring (bicyclic) bond motifs is 1. The standard InChI is InChI=1S/C53H69N15O9S2/c1-31(69)62-39(22-32-12-4-2-5-13-32)49(74)68-44(29-79)52(77)67-42(25-35-27-57-30-61-35)51(76)65-40(23-33-14-6-3-7-15-33)50(75)64-38(18-10-21-59-53(55)56)48(73)66-41(24-34-26-60-37-17-9-8-16-36(34)37)47(72)58-20-11-19-45(70)63-43(28-78)46(54)71/h2-9,12-17,26-27,30,38-44,60,78-79H,10-11,18-25,28-29H2,1H3,(H2,54,71)(H,57,61)(H,58,72)(H,62,69)(H,63,70)(H,64,75)(H,65,76)(H,66,73)(H,67,77)(H,68,74)(H4,55,56,59)/t38-,39-,40+,41-,42-,43-,44-/m0/s1. The van der Waals surface area contributed by atoms with Gasteiger partial charge in [0.25, 0.3) is 0 Å². The number of hydrogen-bond acceptors (Lipinski definition) is 13. The average molecular weight is 1120 g/mol. The number of hydrogen-bond donors (Lipinski definition) is 15. The number of guanidine groups is 1. The highest BCUT2D eigenvalue weighted by atomic mass is 32.1. The number of aliphatic imine (C=N–C) groups is 1. The van der Waals surface area contributed by atoms with Gasteiger partial charge in [0.1, 0.15) is 42.3 Å². The van der Waals surface area contributed by atoms with Crippen LogP contribution in [0.15, 0.2) is 109 Å². The van der Waals surface area contributed by atoms with Gasteiger partial charge in [0.15, 0.2) is 5.96 Å². The third kappa shape index (κ3) is 20.5. The van der Waals surface area contributed by atoms with Crippen molar-refractivity contribution < 1.29 is 43.2 Å². The van der Waals surface area contributed by atoms with Gasteiger partial charge in [-0.1, -0.05) is 78.9 Å². The van der Waals surface area contributed by atoms with E-state index in [1.54, 1.807) is 60.8 Å². The van der Waals surface area contributed by atoms with Gasteiger partial charge in [0.05, 0.1) is 6.33 Å². The van der Waals surface area contributed by atoms with Gasteiger partial charge in [0, 0.05) is 92.6 Å². The van der Waals surface area contributed by atoms with Crippen molar-refractivity contribution in [3.63, 3.8) is 0 Å². The van der Waals surface area contributed by atoms with Crippen LogP contribution in [0.1, 0.15) is 55.0 Å². The predicted octanol–water partition coefficient (Wildman–Crippen LogP) is -1.13. The summed E-state index contributed by atoms with van der Waals surface area (Å²) in [6, 6.07) is 16.4. The van der Waals surface area contributed by atoms with Gasteiger partial charge in [-0.2, -0.15) is 25.3 Å². The topological polar surface area (TPSA) is 385 Å². The number of carbonyl (C=O) groups is 9. The Kier molecular flexibility index (Phi) is 24.7. The first-order valence-corrected chi connectivity index (χ1v) is 26.7. The number of thiol groups is 2. The molecule has 3 aromatic carbocycles. The lowest BCUT2D eigenvalue weighted by molar-refractivity contribution is -0.135. The molecule has 16 N–H and O–H groups in total. The van der Waals surface area contributed by atoms with Crippen LogP contribution in [0.5, 0.6) is 0 Å². The van der Waals surface area contributed by atoms with Crippen LogP contribution in [0.2, 0.25) is 0 Å². The summed E-state index contributed by atoms with van der Waals surface area (Å²) < 4.78 is 0. The van der Waals surface area contributed by atoms with Crippen LogP contribution in [-0.2, 0) is 68.8 Å². The van der Waals surface area contributed by atoms with E-state index in [4.69, 9.17) is 17.2 Å². The molecule has 2 aromatic heterocycles. The summed E-state index contributed by atoms with van der Waals surface area (Å²) in [5, 5.41) is 22.4. The van der Waals surface area contributed by atoms with Crippen LogP contribution in [-0.4, -0.2) is 141 Å². The molecule has 0 saturated heterocycles. The largest absolute Gasteiger partial charge is 0.370 e. The Balaban J connectivity index is 1.38. The Bertz CT molecular complexity index is 2870. The number of aromatic amines is 2. The van der Waals surface area contributed by atoms with Crippen molar-refractivity contribution in [2.75, 3.05) is 24.6 Å². The minimum atomic E-state index is -1.38. The lowest BCUT2D eigenvalue weighted by Crippen LogP contribution is -2.60. The summed E-state index contributed by atoms with van der Waals surface area (Å²) in [5.41, 5.74) is 19.8. The van der Waals surface area contributed by atoms with Crippen LogP contribution in [0.3, 0.4) is 0 Å². The fourth-order valence-electron chi connectivity index (χ4n) is 8.30. The van der Waals surface area contributed by atoms with Crippen LogP contribution in [0.25, 0.3) is 10.9 Å². The zero-order chi connectivity index (χ0) is 57.3. The van der Waals surface area contributed by atoms with E-state index in [0.717, 1.165) is 16.5 Å². The van der Waals surface area contributed by atoms with Crippen molar-refractivity contribution in [2.45, 2.75) is 101 Å². The van der Waals surface area contributed by atoms with Crippen LogP contribution in [0, 0.1) is 0 Å². The quantitative estimate of drug-likeness (QED) is 0.0105. The highest BCUT2D eigenvalue weighted by Gasteiger charge is 2.34. The number of nitrogens with two attached hydrogens (primary N) is 3. The number of benzene rings is 3. The zero-order valence-corrected chi connectivity index (χ0v) is 45.3. The molecule has 9 amide bonds. The minimum absolute atomic E-state index is 0.000300. The average Bonchev–Trinajstić information content (AvgIpc) is 4.12. The zero-order valence-electron chi connectivity index (χ0n) is 43.5. The molecule has 0 unspecified atom stereocenters. The fraction of sp³-hybridized carbons (Fsp3) is 0.377. The summed E-state index contributed by atoms with van der Waals surface area (Å²) >= 11 is 8.38. The van der Waals surface area contributed by atoms with E-state index in [2.05, 4.69) is 87.7 Å². The molecule has 7 atom stereocenters. The normalized spacial score (nSPS) is 13.6. The van der Waals surface area contributed by atoms with E-state index in [-0.39, 0.29) is 81.9 Å². The Morgan fingerprint density at radius 2 is 1.09 bits per heavy atom. The van der Waals surface area contributed by atoms with E-state index >= 15 is 0 Å². The highest BCUT2D eigenvalue weighted by molar-refractivity contribution is 7.80. The molecule has 26 heteroatoms. The first-order chi connectivity index (χ1) is 37.9. The molecule has 79 heavy (non-hydrogen) atoms. The smallest absolute Gasteiger partial charge is 0.244 e. The number of nitrogens with zero attached hydrogens (tertiary/aromatic N) is 2. The van der Waals surface area contributed by atoms with Crippen molar-refractivity contribution in [3.8, 4) is 0 Å². The predicted molar refractivity (Wildman–Crippen MR) is 303 cm³/mol. The van der Waals surface area contributed by atoms with Crippen LogP contribution >= 0.6 is 25.3 Å². The SMILES string of the molecule is CC(=O)N[C@@H](Cc1ccccc1)C(=O)N[C@@H](CS)C(=O)N[C@@H](Cc1cnc[nH]1)C(=O)N[C@H](Cc1ccccc1)C(=O)N[C@@H](CCCN=C(N)N)C(=O)N[C@@H](Cc1c[nH]c2ccccc12)C(=O)NCCCC(=O)N[C@@H](CS)C(N)=O. The van der Waals surface area contributed by atoms with E-state index in [1.807, 2.05) is 30.3 Å². The molecule has 0 radical (unpaired) electrons. The van der Waals surface area contributed by atoms with E-state index in [9.17, 15) is 43.2 Å². The summed E-state index contributed by atoms with van der Waals surface area (Å²) in [6.07, 6.45) is 4.65. The highest BCUT2D eigenvalue weighted by Crippen LogP contribution is 2.20. The number of H-pyrrole nitrogens is 2. The molecule has 5 rings (SSSR count). The number of carbonyl (C=O) groups excluding carboxylic acids is 9. The Labute approximate surface area is 467 Å². The molecular formula is C53H69N15O9S2. The second-order valence-corrected chi connectivity index (χ2v) is 19.2. The summed E-state index contributed by atoms with van der Waals surface area (Å²) in [7, 11) is 0. The lowest BCUT2D eigenvalue weighted by atomic mass is 10.0. The third-order valence-electron chi connectivity index (χ3n) is 12.4. The van der Waals surface area contributed by atoms with E-state index in [0.29, 0.717) is 16.8 Å². The van der Waals surface area contributed by atoms with Gasteiger partial charge >= 0.3 is 0 Å². The number of para-hydroxylation sites is 1. The molecule has 0 fully saturated rings. The molecular weight excluding hydrogens is 1050 g/mol. The van der Waals surface area contributed by atoms with Crippen molar-refractivity contribution in [3.05, 3.63) is 126 Å². The molecule has 0 spiro atoms. The van der Waals surface area contributed by atoms with Crippen molar-refractivity contribution >= 4 is 95.3 Å². The first kappa shape index (κ1) is 61.5. The Morgan fingerprint density at radius 1 is 0.570 bits per heavy atom. The molecule has 0 saturated carbocycles. The third-order valence-corrected chi connectivity index (χ3v) is 13.1. The van der Waals surface area contributed by atoms with E-state index in [1.165, 1.54) is 19.4 Å². The number of aromatic nitrogens is 3. The van der Waals surface area contributed by atoms with Gasteiger partial charge < -0.3 is 69.7 Å². The molecule has 422 valence electrons. The molecule has 0 aliphatic rings. The van der Waals surface area contributed by atoms with E-state index < -0.39 is 95.5 Å². The second kappa shape index (κ2) is 31.7. The molecule has 2 heterocycles. The second-order valence-electron chi connectivity index (χ2n) is 18.5. The maximum atomic E-state index is 14.7. The van der Waals surface area contributed by atoms with Crippen LogP contribution < -0.4 is 59.7 Å². The van der Waals surface area contributed by atoms with Crippen molar-refractivity contribution in [1.82, 2.24) is 57.5 Å². The van der Waals surface area contributed by atoms with Crippen LogP contribution in [0.4, 0.5) is 0 Å². The molecule has 0 aliphatic heterocycles. The Morgan fingerprint density at radius 3 is 1.65 bits per heavy atom. The van der Waals surface area contributed by atoms with Crippen molar-refractivity contribution in [2.24, 2.45) is 22.2 Å². The number of nitrogens with one attached hydrogen (secondary N) is 10. The maximum Gasteiger partial charge on any atom is 0.244 e. The monoisotopic (exact) mass is 1120 g/mol. The number of rotatable bonds is 32. The number of primary amides is 1. The minimum Gasteiger partial charge on any atom is -0.370 e. The van der Waals surface area contributed by atoms with Gasteiger partial charge in [-0.05, 0) is 42.0 Å². The van der Waals surface area contributed by atoms with Gasteiger partial charge in [-0.25, -0.2) is 4.98 Å². The molecule has 0 bridgehead atoms. The van der Waals surface area contributed by atoms with Crippen molar-refractivity contribution in [1.29, 1.82) is 0 Å². The summed E-state index contributed by atoms with van der Waals surface area (Å²) in [5.74, 6) is -6.57.